The third-order valence-corrected chi connectivity index (χ3v) is 6.30. The van der Waals surface area contributed by atoms with Crippen molar-refractivity contribution in [3.8, 4) is 0 Å². The van der Waals surface area contributed by atoms with Crippen LogP contribution >= 0.6 is 11.6 Å². The molecule has 4 aromatic rings. The zero-order valence-electron chi connectivity index (χ0n) is 18.3. The minimum atomic E-state index is -3.46. The number of hydrogen-bond donors (Lipinski definition) is 3. The first kappa shape index (κ1) is 23.7. The van der Waals surface area contributed by atoms with Crippen molar-refractivity contribution in [2.24, 2.45) is 0 Å². The SMILES string of the molecule is CC(NC(=O)c1c(N)nn2cccnc12)c1cc2cccc(Cl)c2c(=O)n1CCNS(C)(=O)=O. The lowest BCUT2D eigenvalue weighted by Gasteiger charge is -2.21. The van der Waals surface area contributed by atoms with Crippen molar-refractivity contribution in [3.63, 3.8) is 0 Å². The van der Waals surface area contributed by atoms with Gasteiger partial charge in [0.2, 0.25) is 10.0 Å². The molecule has 0 bridgehead atoms. The molecule has 34 heavy (non-hydrogen) atoms. The van der Waals surface area contributed by atoms with Gasteiger partial charge in [0, 0.05) is 31.2 Å². The molecule has 178 valence electrons. The van der Waals surface area contributed by atoms with Gasteiger partial charge in [-0.05, 0) is 30.5 Å². The van der Waals surface area contributed by atoms with E-state index in [4.69, 9.17) is 17.3 Å². The van der Waals surface area contributed by atoms with Crippen LogP contribution in [0, 0.1) is 0 Å². The predicted molar refractivity (Wildman–Crippen MR) is 129 cm³/mol. The number of rotatable bonds is 7. The lowest BCUT2D eigenvalue weighted by Crippen LogP contribution is -2.35. The molecule has 4 N–H and O–H groups in total. The Kier molecular flexibility index (Phi) is 6.30. The van der Waals surface area contributed by atoms with Crippen molar-refractivity contribution in [1.29, 1.82) is 0 Å². The van der Waals surface area contributed by atoms with Crippen molar-refractivity contribution < 1.29 is 13.2 Å². The van der Waals surface area contributed by atoms with Gasteiger partial charge in [0.05, 0.1) is 22.7 Å². The molecule has 11 nitrogen and oxygen atoms in total. The monoisotopic (exact) mass is 503 g/mol. The van der Waals surface area contributed by atoms with Crippen LogP contribution in [0.25, 0.3) is 16.4 Å². The fraction of sp³-hybridized carbons (Fsp3) is 0.238. The van der Waals surface area contributed by atoms with Crippen LogP contribution in [0.5, 0.6) is 0 Å². The number of aromatic nitrogens is 4. The maximum atomic E-state index is 13.3. The molecule has 3 aromatic heterocycles. The number of pyridine rings is 1. The van der Waals surface area contributed by atoms with Crippen molar-refractivity contribution in [2.45, 2.75) is 19.5 Å². The number of fused-ring (bicyclic) bond motifs is 2. The number of hydrogen-bond acceptors (Lipinski definition) is 7. The number of sulfonamides is 1. The fourth-order valence-corrected chi connectivity index (χ4v) is 4.50. The first-order valence-corrected chi connectivity index (χ1v) is 12.5. The van der Waals surface area contributed by atoms with Gasteiger partial charge in [-0.15, -0.1) is 5.10 Å². The highest BCUT2D eigenvalue weighted by Gasteiger charge is 2.23. The van der Waals surface area contributed by atoms with Gasteiger partial charge in [-0.3, -0.25) is 9.59 Å². The van der Waals surface area contributed by atoms with E-state index in [1.165, 1.54) is 15.3 Å². The molecule has 1 unspecified atom stereocenters. The normalized spacial score (nSPS) is 12.8. The van der Waals surface area contributed by atoms with Crippen molar-refractivity contribution in [2.75, 3.05) is 18.5 Å². The fourth-order valence-electron chi connectivity index (χ4n) is 3.77. The minimum Gasteiger partial charge on any atom is -0.381 e. The molecule has 0 aliphatic rings. The molecule has 0 fully saturated rings. The number of nitrogens with one attached hydrogen (secondary N) is 2. The van der Waals surface area contributed by atoms with E-state index in [9.17, 15) is 18.0 Å². The molecule has 1 amide bonds. The Morgan fingerprint density at radius 2 is 2.06 bits per heavy atom. The smallest absolute Gasteiger partial charge is 0.260 e. The average Bonchev–Trinajstić information content (AvgIpc) is 3.09. The Morgan fingerprint density at radius 1 is 1.29 bits per heavy atom. The van der Waals surface area contributed by atoms with Gasteiger partial charge in [-0.2, -0.15) is 0 Å². The second-order valence-electron chi connectivity index (χ2n) is 7.74. The van der Waals surface area contributed by atoms with Crippen LogP contribution in [-0.2, 0) is 16.6 Å². The van der Waals surface area contributed by atoms with Gasteiger partial charge in [-0.25, -0.2) is 22.6 Å². The van der Waals surface area contributed by atoms with Crippen LogP contribution < -0.4 is 21.3 Å². The molecule has 0 spiro atoms. The molecule has 0 aliphatic heterocycles. The maximum Gasteiger partial charge on any atom is 0.260 e. The topological polar surface area (TPSA) is 153 Å². The summed E-state index contributed by atoms with van der Waals surface area (Å²) in [5.74, 6) is -0.499. The lowest BCUT2D eigenvalue weighted by molar-refractivity contribution is 0.0940. The maximum absolute atomic E-state index is 13.3. The number of nitrogens with zero attached hydrogens (tertiary/aromatic N) is 4. The summed E-state index contributed by atoms with van der Waals surface area (Å²) in [4.78, 5) is 30.6. The number of anilines is 1. The van der Waals surface area contributed by atoms with E-state index in [0.717, 1.165) is 6.26 Å². The highest BCUT2D eigenvalue weighted by atomic mass is 35.5. The van der Waals surface area contributed by atoms with Crippen LogP contribution in [0.15, 0.2) is 47.5 Å². The van der Waals surface area contributed by atoms with Gasteiger partial charge < -0.3 is 15.6 Å². The Morgan fingerprint density at radius 3 is 2.79 bits per heavy atom. The van der Waals surface area contributed by atoms with E-state index in [0.29, 0.717) is 22.1 Å². The molecule has 4 rings (SSSR count). The molecule has 3 heterocycles. The first-order valence-electron chi connectivity index (χ1n) is 10.2. The predicted octanol–water partition coefficient (Wildman–Crippen LogP) is 1.32. The zero-order valence-corrected chi connectivity index (χ0v) is 19.9. The minimum absolute atomic E-state index is 0.0171. The first-order chi connectivity index (χ1) is 16.1. The molecular weight excluding hydrogens is 482 g/mol. The largest absolute Gasteiger partial charge is 0.381 e. The van der Waals surface area contributed by atoms with E-state index in [-0.39, 0.29) is 29.5 Å². The molecule has 0 aliphatic carbocycles. The Hall–Kier alpha value is -3.48. The van der Waals surface area contributed by atoms with Crippen molar-refractivity contribution >= 4 is 49.8 Å². The van der Waals surface area contributed by atoms with Crippen LogP contribution in [0.3, 0.4) is 0 Å². The van der Waals surface area contributed by atoms with Gasteiger partial charge in [0.15, 0.2) is 11.5 Å². The number of amides is 1. The summed E-state index contributed by atoms with van der Waals surface area (Å²) in [5, 5.41) is 8.12. The zero-order chi connectivity index (χ0) is 24.6. The van der Waals surface area contributed by atoms with Crippen LogP contribution in [-0.4, -0.2) is 46.3 Å². The molecular formula is C21H22ClN7O4S. The molecule has 0 saturated carbocycles. The number of benzene rings is 1. The van der Waals surface area contributed by atoms with Gasteiger partial charge in [0.25, 0.3) is 11.5 Å². The summed E-state index contributed by atoms with van der Waals surface area (Å²) >= 11 is 6.27. The Labute approximate surface area is 199 Å². The summed E-state index contributed by atoms with van der Waals surface area (Å²) in [6.45, 7) is 1.72. The Bertz CT molecular complexity index is 1580. The summed E-state index contributed by atoms with van der Waals surface area (Å²) < 4.78 is 28.2. The quantitative estimate of drug-likeness (QED) is 0.343. The van der Waals surface area contributed by atoms with E-state index >= 15 is 0 Å². The molecule has 1 atom stereocenters. The van der Waals surface area contributed by atoms with Crippen LogP contribution in [0.4, 0.5) is 5.82 Å². The summed E-state index contributed by atoms with van der Waals surface area (Å²) in [6, 6.07) is 7.82. The number of carbonyl (C=O) groups is 1. The molecule has 13 heteroatoms. The summed E-state index contributed by atoms with van der Waals surface area (Å²) in [7, 11) is -3.46. The van der Waals surface area contributed by atoms with Crippen LogP contribution in [0.1, 0.15) is 29.0 Å². The number of carbonyl (C=O) groups excluding carboxylic acids is 1. The highest BCUT2D eigenvalue weighted by molar-refractivity contribution is 7.88. The molecule has 0 radical (unpaired) electrons. The van der Waals surface area contributed by atoms with Gasteiger partial charge in [0.1, 0.15) is 5.56 Å². The van der Waals surface area contributed by atoms with E-state index in [1.54, 1.807) is 43.5 Å². The second-order valence-corrected chi connectivity index (χ2v) is 9.98. The van der Waals surface area contributed by atoms with E-state index in [1.807, 2.05) is 0 Å². The third kappa shape index (κ3) is 4.60. The number of halogens is 1. The second kappa shape index (κ2) is 9.05. The van der Waals surface area contributed by atoms with Crippen molar-refractivity contribution in [3.05, 3.63) is 69.4 Å². The van der Waals surface area contributed by atoms with E-state index < -0.39 is 27.5 Å². The van der Waals surface area contributed by atoms with Crippen LogP contribution in [0.2, 0.25) is 5.02 Å². The van der Waals surface area contributed by atoms with Gasteiger partial charge >= 0.3 is 0 Å². The highest BCUT2D eigenvalue weighted by Crippen LogP contribution is 2.24. The van der Waals surface area contributed by atoms with Crippen molar-refractivity contribution in [1.82, 2.24) is 29.2 Å². The molecule has 0 saturated heterocycles. The number of nitrogens with two attached hydrogens (primary N) is 1. The average molecular weight is 504 g/mol. The lowest BCUT2D eigenvalue weighted by atomic mass is 10.1. The Balaban J connectivity index is 1.74. The molecule has 1 aromatic carbocycles. The van der Waals surface area contributed by atoms with E-state index in [2.05, 4.69) is 20.1 Å². The number of nitrogen functional groups attached to an aromatic ring is 1. The standard InChI is InChI=1S/C21H22ClN7O4S/c1-12(26-20(30)17-18(23)27-29-9-4-7-24-19(17)29)15-11-13-5-3-6-14(22)16(13)21(31)28(15)10-8-25-34(2,32)33/h3-7,9,11-12,25H,8,10H2,1-2H3,(H2,23,27)(H,26,30). The third-order valence-electron chi connectivity index (χ3n) is 5.26. The summed E-state index contributed by atoms with van der Waals surface area (Å²) in [6.07, 6.45) is 4.18. The van der Waals surface area contributed by atoms with Gasteiger partial charge in [-0.1, -0.05) is 23.7 Å². The summed E-state index contributed by atoms with van der Waals surface area (Å²) in [5.41, 5.74) is 6.43.